The summed E-state index contributed by atoms with van der Waals surface area (Å²) in [6, 6.07) is 9.17. The van der Waals surface area contributed by atoms with Gasteiger partial charge in [0.2, 0.25) is 0 Å². The van der Waals surface area contributed by atoms with Gasteiger partial charge in [-0.2, -0.15) is 0 Å². The molecule has 1 aliphatic heterocycles. The zero-order valence-corrected chi connectivity index (χ0v) is 17.8. The number of hydrogen-bond donors (Lipinski definition) is 1. The topological polar surface area (TPSA) is 44.3 Å². The summed E-state index contributed by atoms with van der Waals surface area (Å²) in [7, 11) is 0. The first-order valence-electron chi connectivity index (χ1n) is 10.1. The molecule has 3 aromatic rings. The number of thiophene rings is 1. The summed E-state index contributed by atoms with van der Waals surface area (Å²) >= 11 is 1.69. The molecular weight excluding hydrogens is 366 g/mol. The van der Waals surface area contributed by atoms with Gasteiger partial charge >= 0.3 is 0 Å². The standard InChI is InChI=1S/C22H29N5S/c1-4-26-9-11-27(12-10-26)17(3)13-23-21-20-19(14-28-22(20)25-15-24-21)18-7-5-16(2)6-8-18/h5-8,14-15,17H,4,9-13H2,1-3H3,(H,23,24,25). The van der Waals surface area contributed by atoms with Gasteiger partial charge in [0.25, 0.3) is 0 Å². The number of rotatable bonds is 6. The number of likely N-dealkylation sites (N-methyl/N-ethyl adjacent to an activating group) is 1. The van der Waals surface area contributed by atoms with Crippen LogP contribution in [0.1, 0.15) is 19.4 Å². The van der Waals surface area contributed by atoms with Gasteiger partial charge in [0, 0.05) is 49.7 Å². The molecule has 1 aromatic carbocycles. The Morgan fingerprint density at radius 1 is 1.11 bits per heavy atom. The Balaban J connectivity index is 1.51. The highest BCUT2D eigenvalue weighted by molar-refractivity contribution is 7.17. The zero-order valence-electron chi connectivity index (χ0n) is 17.0. The molecule has 3 heterocycles. The van der Waals surface area contributed by atoms with Crippen LogP contribution in [0.15, 0.2) is 36.0 Å². The highest BCUT2D eigenvalue weighted by atomic mass is 32.1. The predicted molar refractivity (Wildman–Crippen MR) is 119 cm³/mol. The SMILES string of the molecule is CCN1CCN(C(C)CNc2ncnc3scc(-c4ccc(C)cc4)c23)CC1. The monoisotopic (exact) mass is 395 g/mol. The minimum absolute atomic E-state index is 0.477. The molecule has 4 rings (SSSR count). The van der Waals surface area contributed by atoms with Crippen molar-refractivity contribution in [2.45, 2.75) is 26.8 Å². The van der Waals surface area contributed by atoms with Crippen molar-refractivity contribution < 1.29 is 0 Å². The van der Waals surface area contributed by atoms with Crippen LogP contribution < -0.4 is 5.32 Å². The van der Waals surface area contributed by atoms with Crippen molar-refractivity contribution in [3.63, 3.8) is 0 Å². The summed E-state index contributed by atoms with van der Waals surface area (Å²) < 4.78 is 0. The molecule has 148 valence electrons. The van der Waals surface area contributed by atoms with E-state index >= 15 is 0 Å². The fraction of sp³-hybridized carbons (Fsp3) is 0.455. The predicted octanol–water partition coefficient (Wildman–Crippen LogP) is 4.10. The molecule has 6 heteroatoms. The van der Waals surface area contributed by atoms with Gasteiger partial charge < -0.3 is 10.2 Å². The Hall–Kier alpha value is -2.02. The lowest BCUT2D eigenvalue weighted by Gasteiger charge is -2.37. The first-order valence-corrected chi connectivity index (χ1v) is 11.0. The highest BCUT2D eigenvalue weighted by Gasteiger charge is 2.21. The van der Waals surface area contributed by atoms with Gasteiger partial charge in [-0.15, -0.1) is 11.3 Å². The van der Waals surface area contributed by atoms with E-state index in [1.54, 1.807) is 17.7 Å². The van der Waals surface area contributed by atoms with Crippen molar-refractivity contribution in [1.29, 1.82) is 0 Å². The van der Waals surface area contributed by atoms with E-state index in [1.165, 1.54) is 29.8 Å². The molecule has 0 aliphatic carbocycles. The molecular formula is C22H29N5S. The van der Waals surface area contributed by atoms with Crippen molar-refractivity contribution in [3.8, 4) is 11.1 Å². The number of fused-ring (bicyclic) bond motifs is 1. The van der Waals surface area contributed by atoms with Crippen molar-refractivity contribution in [2.75, 3.05) is 44.6 Å². The second-order valence-electron chi connectivity index (χ2n) is 7.62. The van der Waals surface area contributed by atoms with Gasteiger partial charge in [-0.05, 0) is 26.0 Å². The Morgan fingerprint density at radius 2 is 1.86 bits per heavy atom. The average Bonchev–Trinajstić information content (AvgIpc) is 3.17. The van der Waals surface area contributed by atoms with Gasteiger partial charge in [-0.25, -0.2) is 9.97 Å². The first kappa shape index (κ1) is 19.3. The molecule has 5 nitrogen and oxygen atoms in total. The number of nitrogens with zero attached hydrogens (tertiary/aromatic N) is 4. The maximum atomic E-state index is 4.58. The van der Waals surface area contributed by atoms with E-state index in [0.29, 0.717) is 6.04 Å². The van der Waals surface area contributed by atoms with Gasteiger partial charge in [0.15, 0.2) is 0 Å². The molecule has 2 aromatic heterocycles. The van der Waals surface area contributed by atoms with Crippen LogP contribution >= 0.6 is 11.3 Å². The molecule has 1 unspecified atom stereocenters. The zero-order chi connectivity index (χ0) is 19.5. The van der Waals surface area contributed by atoms with Gasteiger partial charge in [0.05, 0.1) is 5.39 Å². The number of nitrogens with one attached hydrogen (secondary N) is 1. The van der Waals surface area contributed by atoms with Crippen molar-refractivity contribution >= 4 is 27.4 Å². The van der Waals surface area contributed by atoms with Crippen LogP contribution in [-0.4, -0.2) is 65.1 Å². The summed E-state index contributed by atoms with van der Waals surface area (Å²) in [6.45, 7) is 13.3. The van der Waals surface area contributed by atoms with Crippen molar-refractivity contribution in [3.05, 3.63) is 41.5 Å². The van der Waals surface area contributed by atoms with E-state index in [4.69, 9.17) is 0 Å². The molecule has 0 saturated carbocycles. The van der Waals surface area contributed by atoms with Crippen LogP contribution in [-0.2, 0) is 0 Å². The molecule has 28 heavy (non-hydrogen) atoms. The number of benzene rings is 1. The van der Waals surface area contributed by atoms with E-state index < -0.39 is 0 Å². The van der Waals surface area contributed by atoms with Gasteiger partial charge in [-0.1, -0.05) is 36.8 Å². The summed E-state index contributed by atoms with van der Waals surface area (Å²) in [5.41, 5.74) is 3.71. The lowest BCUT2D eigenvalue weighted by Crippen LogP contribution is -2.51. The number of aromatic nitrogens is 2. The molecule has 0 radical (unpaired) electrons. The maximum Gasteiger partial charge on any atom is 0.138 e. The maximum absolute atomic E-state index is 4.58. The lowest BCUT2D eigenvalue weighted by atomic mass is 10.0. The van der Waals surface area contributed by atoms with Crippen LogP contribution in [0.3, 0.4) is 0 Å². The minimum atomic E-state index is 0.477. The molecule has 1 aliphatic rings. The van der Waals surface area contributed by atoms with Crippen LogP contribution in [0.2, 0.25) is 0 Å². The minimum Gasteiger partial charge on any atom is -0.368 e. The molecule has 0 amide bonds. The van der Waals surface area contributed by atoms with E-state index in [1.807, 2.05) is 0 Å². The molecule has 1 fully saturated rings. The van der Waals surface area contributed by atoms with Crippen LogP contribution in [0.5, 0.6) is 0 Å². The van der Waals surface area contributed by atoms with E-state index in [0.717, 1.165) is 42.2 Å². The molecule has 1 saturated heterocycles. The second-order valence-corrected chi connectivity index (χ2v) is 8.48. The van der Waals surface area contributed by atoms with Crippen molar-refractivity contribution in [1.82, 2.24) is 19.8 Å². The number of hydrogen-bond acceptors (Lipinski definition) is 6. The van der Waals surface area contributed by atoms with E-state index in [9.17, 15) is 0 Å². The smallest absolute Gasteiger partial charge is 0.138 e. The van der Waals surface area contributed by atoms with E-state index in [2.05, 4.69) is 75.5 Å². The van der Waals surface area contributed by atoms with Crippen molar-refractivity contribution in [2.24, 2.45) is 0 Å². The lowest BCUT2D eigenvalue weighted by molar-refractivity contribution is 0.110. The summed E-state index contributed by atoms with van der Waals surface area (Å²) in [4.78, 5) is 15.2. The Kier molecular flexibility index (Phi) is 5.90. The number of piperazine rings is 1. The molecule has 0 spiro atoms. The number of aryl methyl sites for hydroxylation is 1. The average molecular weight is 396 g/mol. The summed E-state index contributed by atoms with van der Waals surface area (Å²) in [5, 5.41) is 6.95. The quantitative estimate of drug-likeness (QED) is 0.681. The fourth-order valence-corrected chi connectivity index (χ4v) is 4.76. The van der Waals surface area contributed by atoms with Gasteiger partial charge in [-0.3, -0.25) is 4.90 Å². The Labute approximate surface area is 171 Å². The third-order valence-corrected chi connectivity index (χ3v) is 6.66. The van der Waals surface area contributed by atoms with Gasteiger partial charge in [0.1, 0.15) is 17.0 Å². The highest BCUT2D eigenvalue weighted by Crippen LogP contribution is 2.36. The fourth-order valence-electron chi connectivity index (χ4n) is 3.85. The van der Waals surface area contributed by atoms with E-state index in [-0.39, 0.29) is 0 Å². The third kappa shape index (κ3) is 4.04. The third-order valence-electron chi connectivity index (χ3n) is 5.78. The Morgan fingerprint density at radius 3 is 2.57 bits per heavy atom. The summed E-state index contributed by atoms with van der Waals surface area (Å²) in [6.07, 6.45) is 1.67. The van der Waals surface area contributed by atoms with Crippen LogP contribution in [0.25, 0.3) is 21.3 Å². The Bertz CT molecular complexity index is 912. The second kappa shape index (κ2) is 8.55. The number of anilines is 1. The van der Waals surface area contributed by atoms with Crippen LogP contribution in [0.4, 0.5) is 5.82 Å². The first-order chi connectivity index (χ1) is 13.7. The largest absolute Gasteiger partial charge is 0.368 e. The normalized spacial score (nSPS) is 17.1. The summed E-state index contributed by atoms with van der Waals surface area (Å²) in [5.74, 6) is 0.945. The van der Waals surface area contributed by atoms with Crippen LogP contribution in [0, 0.1) is 6.92 Å². The molecule has 0 bridgehead atoms. The molecule has 1 N–H and O–H groups in total. The molecule has 1 atom stereocenters.